The van der Waals surface area contributed by atoms with Gasteiger partial charge in [-0.05, 0) is 67.8 Å². The largest absolute Gasteiger partial charge is 0.444 e. The maximum absolute atomic E-state index is 14.4. The second-order valence-corrected chi connectivity index (χ2v) is 10.4. The maximum Gasteiger partial charge on any atom is 0.410 e. The van der Waals surface area contributed by atoms with E-state index in [1.165, 1.54) is 6.33 Å². The fraction of sp³-hybridized carbons (Fsp3) is 0.591. The summed E-state index contributed by atoms with van der Waals surface area (Å²) in [6.45, 7) is 3.41. The first kappa shape index (κ1) is 22.9. The number of nitrogens with two attached hydrogens (primary N) is 1. The van der Waals surface area contributed by atoms with Gasteiger partial charge in [-0.3, -0.25) is 4.57 Å². The van der Waals surface area contributed by atoms with Crippen LogP contribution in [0.3, 0.4) is 0 Å². The number of piperidine rings is 1. The number of likely N-dealkylation sites (tertiary alicyclic amines) is 1. The molecular weight excluding hydrogens is 484 g/mol. The second kappa shape index (κ2) is 8.28. The number of amides is 1. The number of rotatable bonds is 2. The molecule has 0 aromatic carbocycles. The van der Waals surface area contributed by atoms with Gasteiger partial charge in [0.05, 0.1) is 9.86 Å². The zero-order valence-electron chi connectivity index (χ0n) is 18.4. The number of nitrogen functional groups attached to an aromatic ring is 1. The van der Waals surface area contributed by atoms with Crippen LogP contribution in [0.4, 0.5) is 19.4 Å². The van der Waals surface area contributed by atoms with Gasteiger partial charge in [0, 0.05) is 24.7 Å². The molecule has 2 unspecified atom stereocenters. The normalized spacial score (nSPS) is 24.0. The first-order chi connectivity index (χ1) is 15.0. The van der Waals surface area contributed by atoms with Gasteiger partial charge in [-0.25, -0.2) is 14.8 Å². The first-order valence-corrected chi connectivity index (χ1v) is 11.5. The Morgan fingerprint density at radius 3 is 2.69 bits per heavy atom. The minimum atomic E-state index is -2.82. The van der Waals surface area contributed by atoms with E-state index in [2.05, 4.69) is 38.0 Å². The fourth-order valence-electron chi connectivity index (χ4n) is 5.01. The summed E-state index contributed by atoms with van der Waals surface area (Å²) in [7, 11) is 0. The number of carbonyl (C=O) groups excluding carboxylic acids is 1. The van der Waals surface area contributed by atoms with Crippen molar-refractivity contribution in [2.45, 2.75) is 64.5 Å². The molecule has 0 radical (unpaired) electrons. The molecule has 3 heterocycles. The van der Waals surface area contributed by atoms with Gasteiger partial charge in [-0.15, -0.1) is 0 Å². The van der Waals surface area contributed by atoms with Gasteiger partial charge in [-0.1, -0.05) is 12.2 Å². The Balaban J connectivity index is 1.85. The molecular formula is C22H28BrF2N5O2. The fourth-order valence-corrected chi connectivity index (χ4v) is 5.86. The predicted octanol–water partition coefficient (Wildman–Crippen LogP) is 5.62. The Kier molecular flexibility index (Phi) is 5.94. The van der Waals surface area contributed by atoms with Crippen molar-refractivity contribution in [3.05, 3.63) is 28.6 Å². The topological polar surface area (TPSA) is 86.3 Å². The number of hydrogen-bond acceptors (Lipinski definition) is 5. The molecule has 1 amide bonds. The van der Waals surface area contributed by atoms with Crippen molar-refractivity contribution in [1.29, 1.82) is 0 Å². The van der Waals surface area contributed by atoms with Crippen molar-refractivity contribution >= 4 is 38.9 Å². The number of halogens is 3. The van der Waals surface area contributed by atoms with Crippen LogP contribution in [0.25, 0.3) is 11.0 Å². The van der Waals surface area contributed by atoms with Crippen molar-refractivity contribution in [3.8, 4) is 0 Å². The summed E-state index contributed by atoms with van der Waals surface area (Å²) in [6, 6.07) is 0. The van der Waals surface area contributed by atoms with Gasteiger partial charge in [0.15, 0.2) is 5.65 Å². The van der Waals surface area contributed by atoms with E-state index in [1.807, 2.05) is 20.8 Å². The van der Waals surface area contributed by atoms with Crippen LogP contribution in [0, 0.1) is 5.41 Å². The summed E-state index contributed by atoms with van der Waals surface area (Å²) in [5, 5.41) is 0.374. The quantitative estimate of drug-likeness (QED) is 0.528. The summed E-state index contributed by atoms with van der Waals surface area (Å²) in [4.78, 5) is 22.6. The Labute approximate surface area is 194 Å². The van der Waals surface area contributed by atoms with Crippen LogP contribution in [0.15, 0.2) is 23.0 Å². The Morgan fingerprint density at radius 1 is 1.31 bits per heavy atom. The van der Waals surface area contributed by atoms with Crippen LogP contribution in [0.5, 0.6) is 0 Å². The SMILES string of the molecule is CC(C)(C)OC(=O)N1CCC2(CC=CCC2)C(c2c(Br)c3c(N)ncnc3n2C(F)F)C1. The van der Waals surface area contributed by atoms with Crippen LogP contribution in [-0.2, 0) is 4.74 Å². The molecule has 174 valence electrons. The standard InChI is InChI=1S/C22H28BrF2N5O2/c1-21(2,3)32-20(31)29-10-9-22(7-5-4-6-8-22)13(11-29)16-15(23)14-17(26)27-12-28-18(14)30(16)19(24)25/h4-5,12-13,19H,6-11H2,1-3H3,(H2,26,27,28). The molecule has 0 bridgehead atoms. The molecule has 1 aliphatic heterocycles. The number of hydrogen-bond donors (Lipinski definition) is 1. The summed E-state index contributed by atoms with van der Waals surface area (Å²) in [6.07, 6.45) is 8.20. The highest BCUT2D eigenvalue weighted by Gasteiger charge is 2.48. The lowest BCUT2D eigenvalue weighted by Gasteiger charge is -2.49. The van der Waals surface area contributed by atoms with E-state index in [1.54, 1.807) is 4.90 Å². The molecule has 1 saturated heterocycles. The summed E-state index contributed by atoms with van der Waals surface area (Å²) >= 11 is 3.55. The van der Waals surface area contributed by atoms with Crippen LogP contribution in [-0.4, -0.2) is 44.2 Å². The molecule has 2 aliphatic rings. The highest BCUT2D eigenvalue weighted by Crippen LogP contribution is 2.54. The molecule has 1 fully saturated rings. The van der Waals surface area contributed by atoms with E-state index in [-0.39, 0.29) is 29.3 Å². The smallest absolute Gasteiger partial charge is 0.410 e. The van der Waals surface area contributed by atoms with Crippen molar-refractivity contribution in [2.24, 2.45) is 5.41 Å². The number of fused-ring (bicyclic) bond motifs is 1. The Hall–Kier alpha value is -2.23. The highest BCUT2D eigenvalue weighted by atomic mass is 79.9. The molecule has 4 rings (SSSR count). The minimum absolute atomic E-state index is 0.0882. The molecule has 1 aliphatic carbocycles. The van der Waals surface area contributed by atoms with Gasteiger partial charge < -0.3 is 15.4 Å². The highest BCUT2D eigenvalue weighted by molar-refractivity contribution is 9.10. The summed E-state index contributed by atoms with van der Waals surface area (Å²) in [5.74, 6) is -0.217. The molecule has 2 aromatic rings. The Morgan fingerprint density at radius 2 is 2.06 bits per heavy atom. The summed E-state index contributed by atoms with van der Waals surface area (Å²) < 4.78 is 35.8. The summed E-state index contributed by atoms with van der Waals surface area (Å²) in [5.41, 5.74) is 5.65. The van der Waals surface area contributed by atoms with Gasteiger partial charge in [0.1, 0.15) is 17.7 Å². The molecule has 7 nitrogen and oxygen atoms in total. The third kappa shape index (κ3) is 3.97. The molecule has 1 spiro atoms. The zero-order chi connectivity index (χ0) is 23.3. The molecule has 2 atom stereocenters. The van der Waals surface area contributed by atoms with Crippen LogP contribution in [0.2, 0.25) is 0 Å². The van der Waals surface area contributed by atoms with Crippen molar-refractivity contribution in [2.75, 3.05) is 18.8 Å². The third-order valence-electron chi connectivity index (χ3n) is 6.49. The lowest BCUT2D eigenvalue weighted by Crippen LogP contribution is -2.50. The molecule has 2 aromatic heterocycles. The van der Waals surface area contributed by atoms with Gasteiger partial charge >= 0.3 is 12.6 Å². The lowest BCUT2D eigenvalue weighted by molar-refractivity contribution is -0.00117. The van der Waals surface area contributed by atoms with Crippen molar-refractivity contribution in [3.63, 3.8) is 0 Å². The van der Waals surface area contributed by atoms with E-state index in [9.17, 15) is 13.6 Å². The molecule has 10 heteroatoms. The Bertz CT molecular complexity index is 1060. The van der Waals surface area contributed by atoms with Crippen LogP contribution >= 0.6 is 15.9 Å². The molecule has 2 N–H and O–H groups in total. The van der Waals surface area contributed by atoms with Crippen LogP contribution in [0.1, 0.15) is 64.6 Å². The zero-order valence-corrected chi connectivity index (χ0v) is 20.0. The van der Waals surface area contributed by atoms with Crippen molar-refractivity contribution in [1.82, 2.24) is 19.4 Å². The van der Waals surface area contributed by atoms with E-state index in [0.717, 1.165) is 23.8 Å². The maximum atomic E-state index is 14.4. The third-order valence-corrected chi connectivity index (χ3v) is 7.29. The second-order valence-electron chi connectivity index (χ2n) is 9.61. The number of alkyl halides is 2. The average Bonchev–Trinajstić information content (AvgIpc) is 3.01. The van der Waals surface area contributed by atoms with Crippen molar-refractivity contribution < 1.29 is 18.3 Å². The van der Waals surface area contributed by atoms with Gasteiger partial charge in [0.25, 0.3) is 0 Å². The van der Waals surface area contributed by atoms with E-state index in [4.69, 9.17) is 10.5 Å². The first-order valence-electron chi connectivity index (χ1n) is 10.7. The number of nitrogens with zero attached hydrogens (tertiary/aromatic N) is 4. The predicted molar refractivity (Wildman–Crippen MR) is 121 cm³/mol. The van der Waals surface area contributed by atoms with Gasteiger partial charge in [0.2, 0.25) is 0 Å². The number of allylic oxidation sites excluding steroid dienone is 2. The monoisotopic (exact) mass is 511 g/mol. The van der Waals surface area contributed by atoms with Gasteiger partial charge in [-0.2, -0.15) is 8.78 Å². The van der Waals surface area contributed by atoms with E-state index in [0.29, 0.717) is 28.5 Å². The minimum Gasteiger partial charge on any atom is -0.444 e. The number of anilines is 1. The number of carbonyl (C=O) groups is 1. The van der Waals surface area contributed by atoms with Crippen LogP contribution < -0.4 is 5.73 Å². The average molecular weight is 512 g/mol. The number of ether oxygens (including phenoxy) is 1. The lowest BCUT2D eigenvalue weighted by atomic mass is 9.62. The van der Waals surface area contributed by atoms with E-state index < -0.39 is 18.2 Å². The molecule has 0 saturated carbocycles. The van der Waals surface area contributed by atoms with E-state index >= 15 is 0 Å². The number of aromatic nitrogens is 3. The molecule has 32 heavy (non-hydrogen) atoms.